The van der Waals surface area contributed by atoms with E-state index in [1.165, 1.54) is 0 Å². The zero-order chi connectivity index (χ0) is 16.7. The van der Waals surface area contributed by atoms with Crippen molar-refractivity contribution in [1.82, 2.24) is 4.40 Å². The molecule has 0 spiro atoms. The summed E-state index contributed by atoms with van der Waals surface area (Å²) in [6.45, 7) is 0. The Labute approximate surface area is 138 Å². The summed E-state index contributed by atoms with van der Waals surface area (Å²) in [5, 5.41) is 10.4. The molecule has 4 heteroatoms. The molecule has 4 nitrogen and oxygen atoms in total. The summed E-state index contributed by atoms with van der Waals surface area (Å²) in [5.41, 5.74) is 9.44. The van der Waals surface area contributed by atoms with Crippen LogP contribution in [0.3, 0.4) is 0 Å². The molecule has 0 bridgehead atoms. The number of fused-ring (bicyclic) bond motifs is 3. The Balaban J connectivity index is 2.04. The normalized spacial score (nSPS) is 10.8. The monoisotopic (exact) mass is 311 g/mol. The van der Waals surface area contributed by atoms with Crippen LogP contribution in [0.15, 0.2) is 66.7 Å². The van der Waals surface area contributed by atoms with Gasteiger partial charge in [-0.15, -0.1) is 0 Å². The van der Waals surface area contributed by atoms with Crippen molar-refractivity contribution in [2.24, 2.45) is 0 Å². The predicted molar refractivity (Wildman–Crippen MR) is 93.9 cm³/mol. The number of carbonyl (C=O) groups excluding carboxylic acids is 1. The number of benzene rings is 2. The van der Waals surface area contributed by atoms with Gasteiger partial charge >= 0.3 is 0 Å². The minimum Gasteiger partial charge on any atom is -0.399 e. The number of ketones is 1. The molecule has 0 saturated carbocycles. The molecular formula is C20H13N3O. The number of carbonyl (C=O) groups is 1. The Morgan fingerprint density at radius 3 is 2.46 bits per heavy atom. The van der Waals surface area contributed by atoms with E-state index in [4.69, 9.17) is 5.73 Å². The molecule has 0 amide bonds. The van der Waals surface area contributed by atoms with Gasteiger partial charge < -0.3 is 10.1 Å². The van der Waals surface area contributed by atoms with Crippen LogP contribution in [0.2, 0.25) is 0 Å². The molecule has 0 atom stereocenters. The molecule has 0 aliphatic carbocycles. The topological polar surface area (TPSA) is 71.3 Å². The van der Waals surface area contributed by atoms with Gasteiger partial charge in [-0.3, -0.25) is 4.79 Å². The van der Waals surface area contributed by atoms with Crippen LogP contribution in [0.1, 0.15) is 21.6 Å². The van der Waals surface area contributed by atoms with Crippen LogP contribution < -0.4 is 5.73 Å². The van der Waals surface area contributed by atoms with E-state index >= 15 is 0 Å². The number of pyridine rings is 1. The Morgan fingerprint density at radius 2 is 1.71 bits per heavy atom. The third kappa shape index (κ3) is 2.03. The first kappa shape index (κ1) is 14.0. The number of para-hydroxylation sites is 1. The number of anilines is 1. The first-order chi connectivity index (χ1) is 11.7. The molecule has 0 aliphatic rings. The standard InChI is InChI=1S/C20H13N3O/c21-12-15-11-19(20(24)14-5-8-16(22)9-6-14)23-17-4-2-1-3-13(17)7-10-18(15)23/h1-11H,22H2. The second kappa shape index (κ2) is 5.25. The molecule has 24 heavy (non-hydrogen) atoms. The zero-order valence-corrected chi connectivity index (χ0v) is 12.7. The minimum absolute atomic E-state index is 0.136. The summed E-state index contributed by atoms with van der Waals surface area (Å²) in [6, 6.07) is 22.3. The fourth-order valence-electron chi connectivity index (χ4n) is 2.99. The van der Waals surface area contributed by atoms with Crippen molar-refractivity contribution < 1.29 is 4.79 Å². The van der Waals surface area contributed by atoms with Crippen LogP contribution in [0.5, 0.6) is 0 Å². The van der Waals surface area contributed by atoms with E-state index < -0.39 is 0 Å². The van der Waals surface area contributed by atoms with Crippen LogP contribution in [0.4, 0.5) is 5.69 Å². The maximum absolute atomic E-state index is 13.0. The highest BCUT2D eigenvalue weighted by molar-refractivity contribution is 6.10. The summed E-state index contributed by atoms with van der Waals surface area (Å²) in [6.07, 6.45) is 0. The van der Waals surface area contributed by atoms with E-state index in [9.17, 15) is 10.1 Å². The average molecular weight is 311 g/mol. The minimum atomic E-state index is -0.136. The van der Waals surface area contributed by atoms with Crippen molar-refractivity contribution in [1.29, 1.82) is 5.26 Å². The van der Waals surface area contributed by atoms with E-state index in [-0.39, 0.29) is 5.78 Å². The lowest BCUT2D eigenvalue weighted by molar-refractivity contribution is 0.103. The first-order valence-electron chi connectivity index (χ1n) is 7.52. The van der Waals surface area contributed by atoms with E-state index in [0.717, 1.165) is 16.4 Å². The molecule has 0 radical (unpaired) electrons. The number of rotatable bonds is 2. The molecule has 0 saturated heterocycles. The van der Waals surface area contributed by atoms with Crippen molar-refractivity contribution in [2.75, 3.05) is 5.73 Å². The Hall–Kier alpha value is -3.58. The van der Waals surface area contributed by atoms with Gasteiger partial charge in [-0.2, -0.15) is 5.26 Å². The van der Waals surface area contributed by atoms with Crippen molar-refractivity contribution >= 4 is 27.9 Å². The highest BCUT2D eigenvalue weighted by Crippen LogP contribution is 2.25. The smallest absolute Gasteiger partial charge is 0.209 e. The van der Waals surface area contributed by atoms with Gasteiger partial charge in [0, 0.05) is 11.3 Å². The lowest BCUT2D eigenvalue weighted by Gasteiger charge is -2.07. The van der Waals surface area contributed by atoms with Crippen LogP contribution in [-0.2, 0) is 0 Å². The summed E-state index contributed by atoms with van der Waals surface area (Å²) in [7, 11) is 0. The van der Waals surface area contributed by atoms with Gasteiger partial charge in [-0.05, 0) is 47.9 Å². The van der Waals surface area contributed by atoms with Gasteiger partial charge in [0.25, 0.3) is 0 Å². The molecule has 114 valence electrons. The number of nitrogens with two attached hydrogens (primary N) is 1. The van der Waals surface area contributed by atoms with Crippen LogP contribution >= 0.6 is 0 Å². The lowest BCUT2D eigenvalue weighted by atomic mass is 10.1. The molecule has 4 aromatic rings. The van der Waals surface area contributed by atoms with Crippen molar-refractivity contribution in [3.8, 4) is 6.07 Å². The summed E-state index contributed by atoms with van der Waals surface area (Å²) < 4.78 is 1.85. The highest BCUT2D eigenvalue weighted by Gasteiger charge is 2.18. The van der Waals surface area contributed by atoms with Crippen LogP contribution in [0.25, 0.3) is 16.4 Å². The van der Waals surface area contributed by atoms with Crippen molar-refractivity contribution in [3.05, 3.63) is 83.6 Å². The Kier molecular flexibility index (Phi) is 3.07. The Morgan fingerprint density at radius 1 is 0.958 bits per heavy atom. The number of nitriles is 1. The van der Waals surface area contributed by atoms with Gasteiger partial charge in [0.15, 0.2) is 0 Å². The molecule has 2 aromatic heterocycles. The predicted octanol–water partition coefficient (Wildman–Crippen LogP) is 3.78. The molecule has 0 unspecified atom stereocenters. The third-order valence-corrected chi connectivity index (χ3v) is 4.16. The molecule has 2 N–H and O–H groups in total. The Bertz CT molecular complexity index is 1130. The second-order valence-electron chi connectivity index (χ2n) is 5.62. The van der Waals surface area contributed by atoms with Crippen molar-refractivity contribution in [3.63, 3.8) is 0 Å². The summed E-state index contributed by atoms with van der Waals surface area (Å²) in [5.74, 6) is -0.136. The average Bonchev–Trinajstić information content (AvgIpc) is 3.01. The number of nitrogens with zero attached hydrogens (tertiary/aromatic N) is 2. The number of hydrogen-bond acceptors (Lipinski definition) is 3. The zero-order valence-electron chi connectivity index (χ0n) is 12.7. The van der Waals surface area contributed by atoms with Crippen molar-refractivity contribution in [2.45, 2.75) is 0 Å². The molecule has 2 heterocycles. The lowest BCUT2D eigenvalue weighted by Crippen LogP contribution is -2.06. The van der Waals surface area contributed by atoms with Gasteiger partial charge in [-0.1, -0.05) is 24.3 Å². The maximum Gasteiger partial charge on any atom is 0.209 e. The van der Waals surface area contributed by atoms with Crippen LogP contribution in [0, 0.1) is 11.3 Å². The molecule has 0 fully saturated rings. The third-order valence-electron chi connectivity index (χ3n) is 4.16. The quantitative estimate of drug-likeness (QED) is 0.452. The maximum atomic E-state index is 13.0. The molecule has 2 aromatic carbocycles. The largest absolute Gasteiger partial charge is 0.399 e. The first-order valence-corrected chi connectivity index (χ1v) is 7.52. The van der Waals surface area contributed by atoms with E-state index in [0.29, 0.717) is 22.5 Å². The van der Waals surface area contributed by atoms with E-state index in [1.807, 2.05) is 40.8 Å². The summed E-state index contributed by atoms with van der Waals surface area (Å²) in [4.78, 5) is 13.0. The molecule has 4 rings (SSSR count). The van der Waals surface area contributed by atoms with Gasteiger partial charge in [-0.25, -0.2) is 0 Å². The summed E-state index contributed by atoms with van der Waals surface area (Å²) >= 11 is 0. The van der Waals surface area contributed by atoms with Gasteiger partial charge in [0.05, 0.1) is 22.3 Å². The van der Waals surface area contributed by atoms with Crippen LogP contribution in [-0.4, -0.2) is 10.2 Å². The molecular weight excluding hydrogens is 298 g/mol. The number of nitrogen functional groups attached to an aromatic ring is 1. The van der Waals surface area contributed by atoms with E-state index in [1.54, 1.807) is 30.3 Å². The fraction of sp³-hybridized carbons (Fsp3) is 0. The molecule has 0 aliphatic heterocycles. The van der Waals surface area contributed by atoms with E-state index in [2.05, 4.69) is 6.07 Å². The number of hydrogen-bond donors (Lipinski definition) is 1. The second-order valence-corrected chi connectivity index (χ2v) is 5.62. The van der Waals surface area contributed by atoms with Gasteiger partial charge in [0.2, 0.25) is 5.78 Å². The fourth-order valence-corrected chi connectivity index (χ4v) is 2.99. The van der Waals surface area contributed by atoms with Gasteiger partial charge in [0.1, 0.15) is 6.07 Å². The highest BCUT2D eigenvalue weighted by atomic mass is 16.1. The SMILES string of the molecule is N#Cc1cc(C(=O)c2ccc(N)cc2)n2c1ccc1ccccc12. The number of aromatic nitrogens is 1.